The van der Waals surface area contributed by atoms with E-state index in [9.17, 15) is 4.79 Å². The number of nitrogens with two attached hydrogens (primary N) is 2. The van der Waals surface area contributed by atoms with Gasteiger partial charge in [0, 0.05) is 23.3 Å². The summed E-state index contributed by atoms with van der Waals surface area (Å²) in [6.45, 7) is 2.59. The van der Waals surface area contributed by atoms with Crippen molar-refractivity contribution >= 4 is 23.2 Å². The number of benzene rings is 1. The van der Waals surface area contributed by atoms with E-state index in [1.54, 1.807) is 18.2 Å². The summed E-state index contributed by atoms with van der Waals surface area (Å²) in [6.07, 6.45) is 1.96. The highest BCUT2D eigenvalue weighted by molar-refractivity contribution is 6.31. The van der Waals surface area contributed by atoms with Gasteiger partial charge in [-0.15, -0.1) is 0 Å². The normalized spacial score (nSPS) is 12.2. The summed E-state index contributed by atoms with van der Waals surface area (Å²) in [5.41, 5.74) is 12.0. The molecule has 17 heavy (non-hydrogen) atoms. The lowest BCUT2D eigenvalue weighted by molar-refractivity contribution is 0.100. The summed E-state index contributed by atoms with van der Waals surface area (Å²) >= 11 is 5.83. The lowest BCUT2D eigenvalue weighted by Crippen LogP contribution is -2.29. The average Bonchev–Trinajstić information content (AvgIpc) is 2.30. The number of hydrogen-bond acceptors (Lipinski definition) is 3. The van der Waals surface area contributed by atoms with Gasteiger partial charge in [-0.3, -0.25) is 4.79 Å². The summed E-state index contributed by atoms with van der Waals surface area (Å²) in [4.78, 5) is 11.3. The van der Waals surface area contributed by atoms with Gasteiger partial charge in [0.1, 0.15) is 0 Å². The molecule has 1 aromatic rings. The van der Waals surface area contributed by atoms with Gasteiger partial charge in [-0.05, 0) is 24.6 Å². The van der Waals surface area contributed by atoms with E-state index in [0.29, 0.717) is 22.8 Å². The maximum Gasteiger partial charge on any atom is 0.250 e. The Balaban J connectivity index is 2.92. The Hall–Kier alpha value is -1.26. The Kier molecular flexibility index (Phi) is 5.25. The van der Waals surface area contributed by atoms with Crippen molar-refractivity contribution in [2.75, 3.05) is 11.9 Å². The maximum atomic E-state index is 11.3. The molecule has 1 unspecified atom stereocenters. The van der Waals surface area contributed by atoms with Crippen LogP contribution in [0.5, 0.6) is 0 Å². The molecule has 0 spiro atoms. The largest absolute Gasteiger partial charge is 0.380 e. The van der Waals surface area contributed by atoms with E-state index >= 15 is 0 Å². The number of hydrogen-bond donors (Lipinski definition) is 3. The summed E-state index contributed by atoms with van der Waals surface area (Å²) in [7, 11) is 0. The number of halogens is 1. The van der Waals surface area contributed by atoms with Gasteiger partial charge in [-0.25, -0.2) is 0 Å². The molecule has 0 saturated heterocycles. The van der Waals surface area contributed by atoms with Crippen molar-refractivity contribution in [2.24, 2.45) is 11.5 Å². The van der Waals surface area contributed by atoms with Crippen LogP contribution in [0.25, 0.3) is 0 Å². The van der Waals surface area contributed by atoms with E-state index in [4.69, 9.17) is 23.1 Å². The predicted octanol–water partition coefficient (Wildman–Crippen LogP) is 1.98. The molecule has 0 bridgehead atoms. The zero-order valence-corrected chi connectivity index (χ0v) is 10.6. The quantitative estimate of drug-likeness (QED) is 0.727. The smallest absolute Gasteiger partial charge is 0.250 e. The van der Waals surface area contributed by atoms with Crippen LogP contribution in [0.2, 0.25) is 5.02 Å². The zero-order valence-electron chi connectivity index (χ0n) is 9.87. The highest BCUT2D eigenvalue weighted by Crippen LogP contribution is 2.21. The summed E-state index contributed by atoms with van der Waals surface area (Å²) in [5, 5.41) is 3.71. The van der Waals surface area contributed by atoms with Crippen molar-refractivity contribution in [3.05, 3.63) is 28.8 Å². The van der Waals surface area contributed by atoms with E-state index in [1.165, 1.54) is 0 Å². The number of primary amides is 1. The molecule has 94 valence electrons. The molecule has 0 aliphatic carbocycles. The summed E-state index contributed by atoms with van der Waals surface area (Å²) in [5.74, 6) is -0.498. The number of carbonyl (C=O) groups excluding carboxylic acids is 1. The fourth-order valence-corrected chi connectivity index (χ4v) is 1.84. The molecule has 0 fully saturated rings. The van der Waals surface area contributed by atoms with Gasteiger partial charge in [0.15, 0.2) is 0 Å². The Morgan fingerprint density at radius 3 is 2.76 bits per heavy atom. The first kappa shape index (κ1) is 13.8. The van der Waals surface area contributed by atoms with Crippen molar-refractivity contribution in [3.63, 3.8) is 0 Å². The molecule has 0 aromatic heterocycles. The summed E-state index contributed by atoms with van der Waals surface area (Å²) < 4.78 is 0. The monoisotopic (exact) mass is 255 g/mol. The van der Waals surface area contributed by atoms with Crippen molar-refractivity contribution in [1.29, 1.82) is 0 Å². The molecule has 0 aliphatic rings. The number of nitrogens with one attached hydrogen (secondary N) is 1. The third kappa shape index (κ3) is 3.91. The number of amides is 1. The topological polar surface area (TPSA) is 81.1 Å². The second-order valence-electron chi connectivity index (χ2n) is 3.92. The van der Waals surface area contributed by atoms with E-state index in [-0.39, 0.29) is 6.04 Å². The van der Waals surface area contributed by atoms with Crippen LogP contribution in [0.15, 0.2) is 18.2 Å². The lowest BCUT2D eigenvalue weighted by atomic mass is 10.1. The Labute approximate surface area is 106 Å². The Bertz CT molecular complexity index is 395. The second-order valence-corrected chi connectivity index (χ2v) is 4.36. The molecule has 0 saturated carbocycles. The Morgan fingerprint density at radius 1 is 1.53 bits per heavy atom. The van der Waals surface area contributed by atoms with Crippen molar-refractivity contribution in [2.45, 2.75) is 25.8 Å². The fourth-order valence-electron chi connectivity index (χ4n) is 1.66. The summed E-state index contributed by atoms with van der Waals surface area (Å²) in [6, 6.07) is 5.17. The van der Waals surface area contributed by atoms with Gasteiger partial charge >= 0.3 is 0 Å². The van der Waals surface area contributed by atoms with E-state index in [1.807, 2.05) is 0 Å². The predicted molar refractivity (Wildman–Crippen MR) is 71.3 cm³/mol. The molecule has 5 heteroatoms. The van der Waals surface area contributed by atoms with E-state index in [2.05, 4.69) is 12.2 Å². The molecule has 1 rings (SSSR count). The van der Waals surface area contributed by atoms with Crippen LogP contribution in [0.4, 0.5) is 5.69 Å². The van der Waals surface area contributed by atoms with Crippen LogP contribution in [0.1, 0.15) is 30.1 Å². The number of rotatable bonds is 6. The molecule has 1 aromatic carbocycles. The van der Waals surface area contributed by atoms with Crippen LogP contribution >= 0.6 is 11.6 Å². The van der Waals surface area contributed by atoms with Crippen LogP contribution in [0.3, 0.4) is 0 Å². The van der Waals surface area contributed by atoms with Crippen molar-refractivity contribution in [3.8, 4) is 0 Å². The van der Waals surface area contributed by atoms with Crippen LogP contribution in [0, 0.1) is 0 Å². The highest BCUT2D eigenvalue weighted by atomic mass is 35.5. The fraction of sp³-hybridized carbons (Fsp3) is 0.417. The minimum atomic E-state index is -0.498. The molecule has 1 amide bonds. The second kappa shape index (κ2) is 6.47. The minimum Gasteiger partial charge on any atom is -0.380 e. The maximum absolute atomic E-state index is 11.3. The zero-order chi connectivity index (χ0) is 12.8. The van der Waals surface area contributed by atoms with Gasteiger partial charge in [0.25, 0.3) is 5.91 Å². The molecular weight excluding hydrogens is 238 g/mol. The van der Waals surface area contributed by atoms with E-state index < -0.39 is 5.91 Å². The molecule has 4 nitrogen and oxygen atoms in total. The van der Waals surface area contributed by atoms with Gasteiger partial charge < -0.3 is 16.8 Å². The highest BCUT2D eigenvalue weighted by Gasteiger charge is 2.12. The van der Waals surface area contributed by atoms with Gasteiger partial charge in [0.2, 0.25) is 0 Å². The Morgan fingerprint density at radius 2 is 2.24 bits per heavy atom. The molecule has 0 aliphatic heterocycles. The molecule has 5 N–H and O–H groups in total. The molecule has 0 radical (unpaired) electrons. The van der Waals surface area contributed by atoms with Crippen LogP contribution in [-0.2, 0) is 0 Å². The molecule has 0 heterocycles. The van der Waals surface area contributed by atoms with Crippen LogP contribution < -0.4 is 16.8 Å². The lowest BCUT2D eigenvalue weighted by Gasteiger charge is -2.19. The number of anilines is 1. The van der Waals surface area contributed by atoms with Crippen molar-refractivity contribution in [1.82, 2.24) is 0 Å². The third-order valence-corrected chi connectivity index (χ3v) is 2.76. The standard InChI is InChI=1S/C12H18ClN3O/c1-2-3-9(7-14)16-11-5-4-8(13)6-10(11)12(15)17/h4-6,9,16H,2-3,7,14H2,1H3,(H2,15,17). The van der Waals surface area contributed by atoms with Crippen molar-refractivity contribution < 1.29 is 4.79 Å². The SMILES string of the molecule is CCCC(CN)Nc1ccc(Cl)cc1C(N)=O. The van der Waals surface area contributed by atoms with Crippen LogP contribution in [-0.4, -0.2) is 18.5 Å². The minimum absolute atomic E-state index is 0.138. The molecular formula is C12H18ClN3O. The first-order chi connectivity index (χ1) is 8.08. The number of carbonyl (C=O) groups is 1. The van der Waals surface area contributed by atoms with E-state index in [0.717, 1.165) is 12.8 Å². The molecule has 1 atom stereocenters. The first-order valence-electron chi connectivity index (χ1n) is 5.64. The first-order valence-corrected chi connectivity index (χ1v) is 6.02. The van der Waals surface area contributed by atoms with Gasteiger partial charge in [0.05, 0.1) is 5.56 Å². The van der Waals surface area contributed by atoms with Gasteiger partial charge in [-0.1, -0.05) is 24.9 Å². The third-order valence-electron chi connectivity index (χ3n) is 2.53. The van der Waals surface area contributed by atoms with Gasteiger partial charge in [-0.2, -0.15) is 0 Å². The average molecular weight is 256 g/mol.